The molecule has 10 heteroatoms. The summed E-state index contributed by atoms with van der Waals surface area (Å²) in [5, 5.41) is 2.18. The van der Waals surface area contributed by atoms with Crippen LogP contribution in [0.5, 0.6) is 5.75 Å². The molecule has 2 aliphatic heterocycles. The minimum Gasteiger partial charge on any atom is -0.484 e. The van der Waals surface area contributed by atoms with Crippen LogP contribution in [0, 0.1) is 0 Å². The van der Waals surface area contributed by atoms with Crippen LogP contribution in [-0.2, 0) is 28.7 Å². The quantitative estimate of drug-likeness (QED) is 0.516. The number of hydrogen-bond donors (Lipinski definition) is 1. The Labute approximate surface area is 172 Å². The molecule has 0 bridgehead atoms. The lowest BCUT2D eigenvalue weighted by Gasteiger charge is -2.56. The second-order valence-electron chi connectivity index (χ2n) is 6.93. The minimum absolute atomic E-state index is 0.239. The summed E-state index contributed by atoms with van der Waals surface area (Å²) in [5.41, 5.74) is -1.22. The van der Waals surface area contributed by atoms with E-state index in [0.717, 1.165) is 0 Å². The van der Waals surface area contributed by atoms with Gasteiger partial charge in [0.2, 0.25) is 5.91 Å². The lowest BCUT2D eigenvalue weighted by atomic mass is 9.90. The van der Waals surface area contributed by atoms with Gasteiger partial charge in [0.25, 0.3) is 5.91 Å². The summed E-state index contributed by atoms with van der Waals surface area (Å²) in [6, 6.07) is 6.97. The number of methoxy groups -OCH3 is 1. The van der Waals surface area contributed by atoms with Gasteiger partial charge in [-0.3, -0.25) is 14.4 Å². The van der Waals surface area contributed by atoms with E-state index in [4.69, 9.17) is 14.2 Å². The number of carbonyl (C=O) groups excluding carboxylic acids is 4. The molecule has 2 aliphatic rings. The Kier molecular flexibility index (Phi) is 6.02. The van der Waals surface area contributed by atoms with Crippen LogP contribution in [0.3, 0.4) is 0 Å². The molecule has 1 N–H and O–H groups in total. The van der Waals surface area contributed by atoms with Gasteiger partial charge in [-0.05, 0) is 19.1 Å². The van der Waals surface area contributed by atoms with Crippen LogP contribution in [0.2, 0.25) is 0 Å². The summed E-state index contributed by atoms with van der Waals surface area (Å²) in [6.45, 7) is 2.59. The van der Waals surface area contributed by atoms with Crippen LogP contribution in [0.15, 0.2) is 30.3 Å². The monoisotopic (exact) mass is 422 g/mol. The molecule has 2 fully saturated rings. The van der Waals surface area contributed by atoms with Crippen LogP contribution in [0.4, 0.5) is 0 Å². The van der Waals surface area contributed by atoms with Crippen molar-refractivity contribution in [1.82, 2.24) is 10.2 Å². The van der Waals surface area contributed by atoms with Gasteiger partial charge in [-0.25, -0.2) is 4.79 Å². The predicted molar refractivity (Wildman–Crippen MR) is 103 cm³/mol. The standard InChI is InChI=1S/C19H22N2O7S/c1-11(22)28-19(2)10-29-17-14(16(24)21(17)15(19)18(25)26-3)20-13(23)9-27-12-7-5-4-6-8-12/h4-8,14-15,17H,9-10H2,1-3H3,(H,20,23)/t14?,15?,17-,19-/m1/s1. The number of thioether (sulfide) groups is 1. The number of para-hydroxylation sites is 1. The number of β-lactam (4-membered cyclic amide) rings is 1. The van der Waals surface area contributed by atoms with Crippen molar-refractivity contribution in [2.45, 2.75) is 36.9 Å². The fourth-order valence-corrected chi connectivity index (χ4v) is 4.94. The molecule has 0 radical (unpaired) electrons. The van der Waals surface area contributed by atoms with Crippen LogP contribution in [-0.4, -0.2) is 71.2 Å². The largest absolute Gasteiger partial charge is 0.484 e. The molecule has 4 atom stereocenters. The summed E-state index contributed by atoms with van der Waals surface area (Å²) in [7, 11) is 1.21. The van der Waals surface area contributed by atoms with E-state index < -0.39 is 46.8 Å². The van der Waals surface area contributed by atoms with Crippen LogP contribution in [0.25, 0.3) is 0 Å². The number of esters is 2. The van der Waals surface area contributed by atoms with E-state index in [2.05, 4.69) is 5.32 Å². The lowest BCUT2D eigenvalue weighted by Crippen LogP contribution is -2.79. The highest BCUT2D eigenvalue weighted by Gasteiger charge is 2.63. The number of fused-ring (bicyclic) bond motifs is 1. The number of rotatable bonds is 6. The average Bonchev–Trinajstić information content (AvgIpc) is 2.69. The first-order valence-electron chi connectivity index (χ1n) is 8.95. The van der Waals surface area contributed by atoms with E-state index in [1.54, 1.807) is 31.2 Å². The molecule has 9 nitrogen and oxygen atoms in total. The number of nitrogens with one attached hydrogen (secondary N) is 1. The third kappa shape index (κ3) is 4.16. The molecule has 3 rings (SSSR count). The molecule has 1 aromatic rings. The summed E-state index contributed by atoms with van der Waals surface area (Å²) >= 11 is 1.33. The second kappa shape index (κ2) is 8.32. The number of benzene rings is 1. The first-order valence-corrected chi connectivity index (χ1v) is 10.00. The SMILES string of the molecule is COC(=O)C1N2C(=O)C(NC(=O)COc3ccccc3)[C@H]2SC[C@@]1(C)OC(C)=O. The van der Waals surface area contributed by atoms with Crippen molar-refractivity contribution < 1.29 is 33.4 Å². The molecule has 0 saturated carbocycles. The first-order chi connectivity index (χ1) is 13.8. The Bertz CT molecular complexity index is 818. The first kappa shape index (κ1) is 21.0. The molecule has 0 spiro atoms. The van der Waals surface area contributed by atoms with Crippen molar-refractivity contribution in [3.63, 3.8) is 0 Å². The fourth-order valence-electron chi connectivity index (χ4n) is 3.46. The van der Waals surface area contributed by atoms with Gasteiger partial charge in [0, 0.05) is 12.7 Å². The highest BCUT2D eigenvalue weighted by molar-refractivity contribution is 8.00. The average molecular weight is 422 g/mol. The summed E-state index contributed by atoms with van der Waals surface area (Å²) in [5.74, 6) is -1.31. The second-order valence-corrected chi connectivity index (χ2v) is 8.03. The molecular weight excluding hydrogens is 400 g/mol. The van der Waals surface area contributed by atoms with Crippen LogP contribution in [0.1, 0.15) is 13.8 Å². The number of nitrogens with zero attached hydrogens (tertiary/aromatic N) is 1. The Morgan fingerprint density at radius 2 is 1.97 bits per heavy atom. The van der Waals surface area contributed by atoms with Gasteiger partial charge >= 0.3 is 11.9 Å². The Morgan fingerprint density at radius 3 is 2.59 bits per heavy atom. The molecule has 2 amide bonds. The van der Waals surface area contributed by atoms with Gasteiger partial charge in [-0.15, -0.1) is 11.8 Å². The molecule has 0 aliphatic carbocycles. The summed E-state index contributed by atoms with van der Waals surface area (Å²) < 4.78 is 15.6. The summed E-state index contributed by atoms with van der Waals surface area (Å²) in [6.07, 6.45) is 0. The zero-order valence-electron chi connectivity index (χ0n) is 16.2. The highest BCUT2D eigenvalue weighted by Crippen LogP contribution is 2.44. The highest BCUT2D eigenvalue weighted by atomic mass is 32.2. The van der Waals surface area contributed by atoms with Crippen molar-refractivity contribution in [3.05, 3.63) is 30.3 Å². The summed E-state index contributed by atoms with van der Waals surface area (Å²) in [4.78, 5) is 50.1. The van der Waals surface area contributed by atoms with Crippen molar-refractivity contribution in [3.8, 4) is 5.75 Å². The van der Waals surface area contributed by atoms with Gasteiger partial charge in [0.15, 0.2) is 12.6 Å². The number of amides is 2. The maximum Gasteiger partial charge on any atom is 0.332 e. The van der Waals surface area contributed by atoms with Crippen molar-refractivity contribution >= 4 is 35.5 Å². The minimum atomic E-state index is -1.22. The number of ether oxygens (including phenoxy) is 3. The molecule has 0 aromatic heterocycles. The molecule has 1 aromatic carbocycles. The predicted octanol–water partition coefficient (Wildman–Crippen LogP) is 0.329. The smallest absolute Gasteiger partial charge is 0.332 e. The topological polar surface area (TPSA) is 111 Å². The van der Waals surface area contributed by atoms with E-state index in [9.17, 15) is 19.2 Å². The lowest BCUT2D eigenvalue weighted by molar-refractivity contribution is -0.185. The zero-order chi connectivity index (χ0) is 21.2. The molecule has 2 heterocycles. The fraction of sp³-hybridized carbons (Fsp3) is 0.474. The van der Waals surface area contributed by atoms with E-state index in [-0.39, 0.29) is 12.4 Å². The third-order valence-corrected chi connectivity index (χ3v) is 6.29. The van der Waals surface area contributed by atoms with Crippen LogP contribution < -0.4 is 10.1 Å². The van der Waals surface area contributed by atoms with Gasteiger partial charge in [-0.1, -0.05) is 18.2 Å². The van der Waals surface area contributed by atoms with E-state index in [0.29, 0.717) is 5.75 Å². The Morgan fingerprint density at radius 1 is 1.28 bits per heavy atom. The molecule has 2 unspecified atom stereocenters. The Hall–Kier alpha value is -2.75. The Balaban J connectivity index is 1.66. The third-order valence-electron chi connectivity index (χ3n) is 4.71. The van der Waals surface area contributed by atoms with Crippen molar-refractivity contribution in [2.75, 3.05) is 19.5 Å². The van der Waals surface area contributed by atoms with E-state index >= 15 is 0 Å². The number of hydrogen-bond acceptors (Lipinski definition) is 8. The zero-order valence-corrected chi connectivity index (χ0v) is 17.1. The van der Waals surface area contributed by atoms with Gasteiger partial charge in [-0.2, -0.15) is 0 Å². The van der Waals surface area contributed by atoms with Crippen molar-refractivity contribution in [2.24, 2.45) is 0 Å². The van der Waals surface area contributed by atoms with E-state index in [1.165, 1.54) is 30.7 Å². The van der Waals surface area contributed by atoms with E-state index in [1.807, 2.05) is 6.07 Å². The molecule has 2 saturated heterocycles. The van der Waals surface area contributed by atoms with Crippen LogP contribution >= 0.6 is 11.8 Å². The molecule has 156 valence electrons. The molecular formula is C19H22N2O7S. The maximum atomic E-state index is 12.7. The normalized spacial score (nSPS) is 27.9. The van der Waals surface area contributed by atoms with Crippen molar-refractivity contribution in [1.29, 1.82) is 0 Å². The van der Waals surface area contributed by atoms with Gasteiger partial charge in [0.1, 0.15) is 22.8 Å². The van der Waals surface area contributed by atoms with Gasteiger partial charge < -0.3 is 24.4 Å². The molecule has 29 heavy (non-hydrogen) atoms. The number of carbonyl (C=O) groups is 4. The van der Waals surface area contributed by atoms with Gasteiger partial charge in [0.05, 0.1) is 7.11 Å². The maximum absolute atomic E-state index is 12.7.